The number of ether oxygens (including phenoxy) is 4. The quantitative estimate of drug-likeness (QED) is 0.175. The zero-order valence-corrected chi connectivity index (χ0v) is 25.3. The van der Waals surface area contributed by atoms with E-state index < -0.39 is 48.9 Å². The van der Waals surface area contributed by atoms with Crippen molar-refractivity contribution in [3.05, 3.63) is 70.9 Å². The van der Waals surface area contributed by atoms with Gasteiger partial charge in [-0.05, 0) is 46.3 Å². The molecule has 1 aromatic heterocycles. The third-order valence-electron chi connectivity index (χ3n) is 6.41. The lowest BCUT2D eigenvalue weighted by Crippen LogP contribution is -2.45. The number of aliphatic hydroxyl groups excluding tert-OH is 1. The van der Waals surface area contributed by atoms with Gasteiger partial charge < -0.3 is 39.2 Å². The van der Waals surface area contributed by atoms with Crippen molar-refractivity contribution < 1.29 is 47.8 Å². The van der Waals surface area contributed by atoms with Crippen molar-refractivity contribution in [2.75, 3.05) is 21.0 Å². The average molecular weight is 632 g/mol. The number of alkyl carbamates (subject to hydrolysis) is 1. The van der Waals surface area contributed by atoms with Crippen LogP contribution in [0.15, 0.2) is 59.1 Å². The van der Waals surface area contributed by atoms with Crippen molar-refractivity contribution in [3.63, 3.8) is 0 Å². The largest absolute Gasteiger partial charge is 0.479 e. The Bertz CT molecular complexity index is 1430. The Morgan fingerprint density at radius 1 is 0.955 bits per heavy atom. The summed E-state index contributed by atoms with van der Waals surface area (Å²) in [4.78, 5) is 49.3. The number of hydrogen-bond donors (Lipinski definition) is 3. The van der Waals surface area contributed by atoms with Crippen molar-refractivity contribution >= 4 is 35.5 Å². The zero-order chi connectivity index (χ0) is 32.2. The van der Waals surface area contributed by atoms with Crippen LogP contribution in [-0.4, -0.2) is 73.4 Å². The minimum atomic E-state index is -1.69. The highest BCUT2D eigenvalue weighted by Gasteiger charge is 2.28. The number of methoxy groups -OCH3 is 2. The lowest BCUT2D eigenvalue weighted by atomic mass is 9.97. The molecule has 1 unspecified atom stereocenters. The molecule has 3 aromatic rings. The van der Waals surface area contributed by atoms with E-state index in [4.69, 9.17) is 30.3 Å². The van der Waals surface area contributed by atoms with Crippen molar-refractivity contribution in [1.29, 1.82) is 0 Å². The summed E-state index contributed by atoms with van der Waals surface area (Å²) in [6.45, 7) is 2.54. The molecule has 13 nitrogen and oxygen atoms in total. The maximum Gasteiger partial charge on any atom is 0.407 e. The van der Waals surface area contributed by atoms with Gasteiger partial charge in [-0.15, -0.1) is 0 Å². The maximum atomic E-state index is 12.9. The summed E-state index contributed by atoms with van der Waals surface area (Å²) in [6, 6.07) is 14.3. The lowest BCUT2D eigenvalue weighted by Gasteiger charge is -2.22. The van der Waals surface area contributed by atoms with Gasteiger partial charge >= 0.3 is 18.0 Å². The lowest BCUT2D eigenvalue weighted by molar-refractivity contribution is -0.175. The van der Waals surface area contributed by atoms with Crippen molar-refractivity contribution in [2.45, 2.75) is 44.9 Å². The van der Waals surface area contributed by atoms with E-state index in [9.17, 15) is 24.3 Å². The summed E-state index contributed by atoms with van der Waals surface area (Å²) in [5.41, 5.74) is 2.64. The van der Waals surface area contributed by atoms with Crippen LogP contribution in [0.2, 0.25) is 5.02 Å². The smallest absolute Gasteiger partial charge is 0.407 e. The molecule has 0 aliphatic carbocycles. The molecule has 236 valence electrons. The molecule has 0 aliphatic rings. The van der Waals surface area contributed by atoms with Crippen LogP contribution in [0.1, 0.15) is 36.4 Å². The molecular formula is C30H34ClN3O10. The first-order chi connectivity index (χ1) is 21.0. The fourth-order valence-electron chi connectivity index (χ4n) is 4.08. The van der Waals surface area contributed by atoms with Gasteiger partial charge in [0.1, 0.15) is 6.04 Å². The summed E-state index contributed by atoms with van der Waals surface area (Å²) < 4.78 is 24.3. The van der Waals surface area contributed by atoms with Crippen LogP contribution in [0, 0.1) is 5.92 Å². The Morgan fingerprint density at radius 2 is 1.66 bits per heavy atom. The van der Waals surface area contributed by atoms with Gasteiger partial charge in [0, 0.05) is 17.5 Å². The minimum Gasteiger partial charge on any atom is -0.479 e. The molecule has 0 radical (unpaired) electrons. The number of halogens is 1. The molecule has 3 N–H and O–H groups in total. The Labute approximate surface area is 258 Å². The molecule has 1 heterocycles. The normalized spacial score (nSPS) is 12.9. The third kappa shape index (κ3) is 9.99. The molecule has 0 bridgehead atoms. The number of benzene rings is 2. The molecule has 0 aliphatic heterocycles. The van der Waals surface area contributed by atoms with Crippen LogP contribution >= 0.6 is 11.6 Å². The minimum absolute atomic E-state index is 0.1000. The second kappa shape index (κ2) is 16.3. The number of hydrogen-bond acceptors (Lipinski definition) is 11. The van der Waals surface area contributed by atoms with E-state index in [1.165, 1.54) is 13.2 Å². The van der Waals surface area contributed by atoms with E-state index in [0.29, 0.717) is 5.02 Å². The fraction of sp³-hybridized carbons (Fsp3) is 0.367. The van der Waals surface area contributed by atoms with Crippen LogP contribution in [-0.2, 0) is 30.2 Å². The predicted molar refractivity (Wildman–Crippen MR) is 157 cm³/mol. The van der Waals surface area contributed by atoms with Gasteiger partial charge in [0.15, 0.2) is 6.10 Å². The second-order valence-corrected chi connectivity index (χ2v) is 10.4. The average Bonchev–Trinajstić information content (AvgIpc) is 3.49. The first-order valence-electron chi connectivity index (χ1n) is 13.5. The number of carbonyl (C=O) groups is 4. The van der Waals surface area contributed by atoms with E-state index in [1.807, 2.05) is 42.5 Å². The number of rotatable bonds is 14. The van der Waals surface area contributed by atoms with Gasteiger partial charge in [-0.2, -0.15) is 0 Å². The SMILES string of the molecule is COC(=O)NC(C(=O)OCOC(=O)[C@H](O)C[C@@H](Cc1ccc(-c2cccc(Cl)c2)cc1)NC(=O)c1cc(OC)no1)C(C)C. The maximum absolute atomic E-state index is 12.9. The molecule has 2 aromatic carbocycles. The Kier molecular flexibility index (Phi) is 12.5. The highest BCUT2D eigenvalue weighted by atomic mass is 35.5. The van der Waals surface area contributed by atoms with E-state index in [2.05, 4.69) is 20.5 Å². The van der Waals surface area contributed by atoms with Crippen molar-refractivity contribution in [3.8, 4) is 17.0 Å². The van der Waals surface area contributed by atoms with E-state index in [1.54, 1.807) is 19.9 Å². The number of nitrogens with zero attached hydrogens (tertiary/aromatic N) is 1. The molecule has 0 saturated carbocycles. The Balaban J connectivity index is 1.65. The van der Waals surface area contributed by atoms with Crippen molar-refractivity contribution in [2.24, 2.45) is 5.92 Å². The summed E-state index contributed by atoms with van der Waals surface area (Å²) in [5, 5.41) is 19.9. The van der Waals surface area contributed by atoms with Crippen LogP contribution in [0.5, 0.6) is 5.88 Å². The van der Waals surface area contributed by atoms with Gasteiger partial charge in [-0.3, -0.25) is 4.79 Å². The van der Waals surface area contributed by atoms with Crippen molar-refractivity contribution in [1.82, 2.24) is 15.8 Å². The first-order valence-corrected chi connectivity index (χ1v) is 13.9. The topological polar surface area (TPSA) is 176 Å². The van der Waals surface area contributed by atoms with Gasteiger partial charge in [-0.25, -0.2) is 14.4 Å². The molecule has 0 spiro atoms. The number of aromatic nitrogens is 1. The molecule has 14 heteroatoms. The zero-order valence-electron chi connectivity index (χ0n) is 24.6. The Hall–Kier alpha value is -4.62. The van der Waals surface area contributed by atoms with Crippen LogP contribution in [0.4, 0.5) is 4.79 Å². The molecule has 2 amide bonds. The molecule has 44 heavy (non-hydrogen) atoms. The van der Waals surface area contributed by atoms with Gasteiger partial charge in [0.05, 0.1) is 20.3 Å². The predicted octanol–water partition coefficient (Wildman–Crippen LogP) is 3.52. The standard InChI is InChI=1S/C30H34ClN3O10/c1-17(2)26(33-30(39)41-4)29(38)43-16-42-28(37)23(35)14-22(32-27(36)24-15-25(40-3)34-44-24)12-18-8-10-19(11-9-18)20-6-5-7-21(31)13-20/h5-11,13,15,17,22-23,26,35H,12,14,16H2,1-4H3,(H,32,36)(H,33,39)/t22-,23-,26?/m1/s1. The summed E-state index contributed by atoms with van der Waals surface area (Å²) in [5.74, 6) is -2.97. The number of nitrogens with one attached hydrogen (secondary N) is 2. The molecule has 3 rings (SSSR count). The van der Waals surface area contributed by atoms with E-state index >= 15 is 0 Å². The van der Waals surface area contributed by atoms with E-state index in [-0.39, 0.29) is 30.4 Å². The molecule has 3 atom stereocenters. The Morgan fingerprint density at radius 3 is 2.27 bits per heavy atom. The van der Waals surface area contributed by atoms with Crippen LogP contribution in [0.25, 0.3) is 11.1 Å². The van der Waals surface area contributed by atoms with Gasteiger partial charge in [0.25, 0.3) is 11.8 Å². The number of esters is 2. The summed E-state index contributed by atoms with van der Waals surface area (Å²) in [7, 11) is 2.52. The number of amides is 2. The fourth-order valence-corrected chi connectivity index (χ4v) is 4.27. The monoisotopic (exact) mass is 631 g/mol. The first kappa shape index (κ1) is 33.9. The van der Waals surface area contributed by atoms with Crippen LogP contribution < -0.4 is 15.4 Å². The highest BCUT2D eigenvalue weighted by molar-refractivity contribution is 6.30. The molecule has 0 fully saturated rings. The number of carbonyl (C=O) groups excluding carboxylic acids is 4. The summed E-state index contributed by atoms with van der Waals surface area (Å²) >= 11 is 6.11. The highest BCUT2D eigenvalue weighted by Crippen LogP contribution is 2.24. The summed E-state index contributed by atoms with van der Waals surface area (Å²) in [6.07, 6.45) is -2.55. The second-order valence-electron chi connectivity index (χ2n) is 9.97. The third-order valence-corrected chi connectivity index (χ3v) is 6.65. The van der Waals surface area contributed by atoms with Gasteiger partial charge in [-0.1, -0.05) is 61.8 Å². The van der Waals surface area contributed by atoms with Gasteiger partial charge in [0.2, 0.25) is 12.6 Å². The van der Waals surface area contributed by atoms with E-state index in [0.717, 1.165) is 23.8 Å². The van der Waals surface area contributed by atoms with Crippen LogP contribution in [0.3, 0.4) is 0 Å². The number of aliphatic hydroxyl groups is 1. The molecule has 0 saturated heterocycles. The molecular weight excluding hydrogens is 598 g/mol.